The van der Waals surface area contributed by atoms with Crippen LogP contribution in [0.3, 0.4) is 0 Å². The van der Waals surface area contributed by atoms with E-state index in [1.165, 1.54) is 22.9 Å². The van der Waals surface area contributed by atoms with Crippen LogP contribution in [0.15, 0.2) is 29.4 Å². The number of aryl methyl sites for hydroxylation is 1. The molecule has 7 nitrogen and oxygen atoms in total. The van der Waals surface area contributed by atoms with Gasteiger partial charge in [-0.25, -0.2) is 0 Å². The summed E-state index contributed by atoms with van der Waals surface area (Å²) in [6, 6.07) is 8.35. The zero-order valence-electron chi connectivity index (χ0n) is 15.1. The summed E-state index contributed by atoms with van der Waals surface area (Å²) >= 11 is 1.30. The van der Waals surface area contributed by atoms with Crippen molar-refractivity contribution in [2.24, 2.45) is 5.73 Å². The van der Waals surface area contributed by atoms with Gasteiger partial charge in [-0.05, 0) is 43.2 Å². The first-order valence-corrected chi connectivity index (χ1v) is 10.3. The molecule has 3 N–H and O–H groups in total. The second-order valence-electron chi connectivity index (χ2n) is 7.17. The highest BCUT2D eigenvalue weighted by Crippen LogP contribution is 2.40. The Bertz CT molecular complexity index is 862. The number of rotatable bonds is 7. The van der Waals surface area contributed by atoms with Crippen LogP contribution < -0.4 is 11.1 Å². The molecule has 1 aromatic heterocycles. The standard InChI is InChI=1S/C19H23N5O2S/c20-16(25)10-24-18(13-8-9-13)22-23-19(24)27-11-17(26)21-15-7-3-5-12-4-1-2-6-14(12)15/h1-2,4,6,13,15H,3,5,7-11H2,(H2,20,25)(H,21,26)/t15-/m1/s1. The Hall–Kier alpha value is -2.35. The van der Waals surface area contributed by atoms with E-state index < -0.39 is 5.91 Å². The maximum atomic E-state index is 12.5. The number of hydrogen-bond acceptors (Lipinski definition) is 5. The topological polar surface area (TPSA) is 103 Å². The lowest BCUT2D eigenvalue weighted by molar-refractivity contribution is -0.119. The predicted octanol–water partition coefficient (Wildman–Crippen LogP) is 1.93. The molecule has 0 radical (unpaired) electrons. The van der Waals surface area contributed by atoms with Crippen molar-refractivity contribution in [1.29, 1.82) is 0 Å². The normalized spacial score (nSPS) is 18.7. The van der Waals surface area contributed by atoms with Crippen molar-refractivity contribution in [1.82, 2.24) is 20.1 Å². The number of primary amides is 1. The molecule has 1 saturated carbocycles. The van der Waals surface area contributed by atoms with Gasteiger partial charge in [0.1, 0.15) is 12.4 Å². The third-order valence-electron chi connectivity index (χ3n) is 5.04. The number of benzene rings is 1. The second-order valence-corrected chi connectivity index (χ2v) is 8.11. The van der Waals surface area contributed by atoms with Crippen molar-refractivity contribution in [2.45, 2.75) is 55.8 Å². The molecule has 1 heterocycles. The van der Waals surface area contributed by atoms with E-state index in [9.17, 15) is 9.59 Å². The lowest BCUT2D eigenvalue weighted by Gasteiger charge is -2.26. The van der Waals surface area contributed by atoms with Crippen LogP contribution in [0.4, 0.5) is 0 Å². The molecular formula is C19H23N5O2S. The van der Waals surface area contributed by atoms with Gasteiger partial charge in [-0.3, -0.25) is 14.2 Å². The quantitative estimate of drug-likeness (QED) is 0.709. The van der Waals surface area contributed by atoms with Crippen molar-refractivity contribution in [3.8, 4) is 0 Å². The average Bonchev–Trinajstić information content (AvgIpc) is 3.42. The van der Waals surface area contributed by atoms with E-state index in [0.29, 0.717) is 11.1 Å². The van der Waals surface area contributed by atoms with Gasteiger partial charge in [-0.15, -0.1) is 10.2 Å². The number of nitrogens with two attached hydrogens (primary N) is 1. The van der Waals surface area contributed by atoms with Crippen LogP contribution in [0.1, 0.15) is 54.6 Å². The molecule has 1 atom stereocenters. The summed E-state index contributed by atoms with van der Waals surface area (Å²) in [6.07, 6.45) is 5.22. The van der Waals surface area contributed by atoms with Gasteiger partial charge in [0, 0.05) is 5.92 Å². The van der Waals surface area contributed by atoms with E-state index in [4.69, 9.17) is 5.73 Å². The fourth-order valence-electron chi connectivity index (χ4n) is 3.62. The van der Waals surface area contributed by atoms with E-state index >= 15 is 0 Å². The molecule has 2 aliphatic rings. The molecule has 2 aromatic rings. The molecule has 0 unspecified atom stereocenters. The van der Waals surface area contributed by atoms with Crippen molar-refractivity contribution in [3.63, 3.8) is 0 Å². The minimum atomic E-state index is -0.429. The number of nitrogens with one attached hydrogen (secondary N) is 1. The van der Waals surface area contributed by atoms with Crippen molar-refractivity contribution in [3.05, 3.63) is 41.2 Å². The summed E-state index contributed by atoms with van der Waals surface area (Å²) < 4.78 is 1.76. The Morgan fingerprint density at radius 3 is 2.81 bits per heavy atom. The smallest absolute Gasteiger partial charge is 0.237 e. The molecule has 8 heteroatoms. The molecule has 142 valence electrons. The summed E-state index contributed by atoms with van der Waals surface area (Å²) in [5.74, 6) is 0.932. The van der Waals surface area contributed by atoms with Gasteiger partial charge in [-0.1, -0.05) is 36.0 Å². The molecule has 0 spiro atoms. The number of aromatic nitrogens is 3. The molecule has 4 rings (SSSR count). The number of fused-ring (bicyclic) bond motifs is 1. The monoisotopic (exact) mass is 385 g/mol. The Labute approximate surface area is 162 Å². The number of carbonyl (C=O) groups excluding carboxylic acids is 2. The van der Waals surface area contributed by atoms with Crippen LogP contribution >= 0.6 is 11.8 Å². The van der Waals surface area contributed by atoms with Crippen molar-refractivity contribution >= 4 is 23.6 Å². The summed E-state index contributed by atoms with van der Waals surface area (Å²) in [6.45, 7) is 0.0544. The molecule has 0 aliphatic heterocycles. The molecule has 1 aromatic carbocycles. The number of nitrogens with zero attached hydrogens (tertiary/aromatic N) is 3. The van der Waals surface area contributed by atoms with Crippen LogP contribution in [-0.2, 0) is 22.6 Å². The lowest BCUT2D eigenvalue weighted by atomic mass is 9.88. The van der Waals surface area contributed by atoms with Crippen LogP contribution in [-0.4, -0.2) is 32.3 Å². The van der Waals surface area contributed by atoms with Crippen LogP contribution in [0.5, 0.6) is 0 Å². The van der Waals surface area contributed by atoms with Crippen LogP contribution in [0.2, 0.25) is 0 Å². The van der Waals surface area contributed by atoms with Crippen molar-refractivity contribution < 1.29 is 9.59 Å². The van der Waals surface area contributed by atoms with Gasteiger partial charge in [0.15, 0.2) is 5.16 Å². The Morgan fingerprint density at radius 1 is 1.22 bits per heavy atom. The molecule has 1 fully saturated rings. The van der Waals surface area contributed by atoms with Crippen molar-refractivity contribution in [2.75, 3.05) is 5.75 Å². The van der Waals surface area contributed by atoms with Gasteiger partial charge in [-0.2, -0.15) is 0 Å². The highest BCUT2D eigenvalue weighted by Gasteiger charge is 2.31. The zero-order valence-corrected chi connectivity index (χ0v) is 15.9. The summed E-state index contributed by atoms with van der Waals surface area (Å²) in [5.41, 5.74) is 7.90. The van der Waals surface area contributed by atoms with Gasteiger partial charge < -0.3 is 11.1 Å². The number of amides is 2. The van der Waals surface area contributed by atoms with Gasteiger partial charge in [0.05, 0.1) is 11.8 Å². The molecule has 0 bridgehead atoms. The average molecular weight is 385 g/mol. The van der Waals surface area contributed by atoms with E-state index in [0.717, 1.165) is 37.9 Å². The van der Waals surface area contributed by atoms with Gasteiger partial charge in [0.2, 0.25) is 11.8 Å². The van der Waals surface area contributed by atoms with E-state index in [1.54, 1.807) is 4.57 Å². The summed E-state index contributed by atoms with van der Waals surface area (Å²) in [7, 11) is 0. The predicted molar refractivity (Wildman–Crippen MR) is 102 cm³/mol. The fourth-order valence-corrected chi connectivity index (χ4v) is 4.38. The SMILES string of the molecule is NC(=O)Cn1c(SCC(=O)N[C@@H]2CCCc3ccccc32)nnc1C1CC1. The highest BCUT2D eigenvalue weighted by molar-refractivity contribution is 7.99. The number of hydrogen-bond donors (Lipinski definition) is 2. The Balaban J connectivity index is 1.39. The lowest BCUT2D eigenvalue weighted by Crippen LogP contribution is -2.32. The first-order valence-electron chi connectivity index (χ1n) is 9.33. The highest BCUT2D eigenvalue weighted by atomic mass is 32.2. The largest absolute Gasteiger partial charge is 0.368 e. The molecule has 27 heavy (non-hydrogen) atoms. The fraction of sp³-hybridized carbons (Fsp3) is 0.474. The number of thioether (sulfide) groups is 1. The molecule has 0 saturated heterocycles. The third kappa shape index (κ3) is 4.16. The Morgan fingerprint density at radius 2 is 2.04 bits per heavy atom. The zero-order chi connectivity index (χ0) is 18.8. The van der Waals surface area contributed by atoms with Gasteiger partial charge in [0.25, 0.3) is 0 Å². The summed E-state index contributed by atoms with van der Waals surface area (Å²) in [5, 5.41) is 12.1. The first-order chi connectivity index (χ1) is 13.1. The Kier molecular flexibility index (Phi) is 5.15. The molecule has 2 aliphatic carbocycles. The molecule has 2 amide bonds. The first kappa shape index (κ1) is 18.0. The van der Waals surface area contributed by atoms with Crippen LogP contribution in [0, 0.1) is 0 Å². The van der Waals surface area contributed by atoms with E-state index in [2.05, 4.69) is 27.6 Å². The maximum Gasteiger partial charge on any atom is 0.237 e. The van der Waals surface area contributed by atoms with Gasteiger partial charge >= 0.3 is 0 Å². The minimum Gasteiger partial charge on any atom is -0.368 e. The third-order valence-corrected chi connectivity index (χ3v) is 6.01. The van der Waals surface area contributed by atoms with E-state index in [-0.39, 0.29) is 24.2 Å². The van der Waals surface area contributed by atoms with E-state index in [1.807, 2.05) is 12.1 Å². The number of carbonyl (C=O) groups is 2. The molecular weight excluding hydrogens is 362 g/mol. The summed E-state index contributed by atoms with van der Waals surface area (Å²) in [4.78, 5) is 23.9. The maximum absolute atomic E-state index is 12.5. The second kappa shape index (κ2) is 7.72. The van der Waals surface area contributed by atoms with Crippen LogP contribution in [0.25, 0.3) is 0 Å². The minimum absolute atomic E-state index is 0.0386.